The molecule has 2 aromatic rings. The maximum atomic E-state index is 9.07. The van der Waals surface area contributed by atoms with Crippen molar-refractivity contribution in [1.29, 1.82) is 5.26 Å². The minimum Gasteiger partial charge on any atom is -0.435 e. The van der Waals surface area contributed by atoms with E-state index in [1.54, 1.807) is 30.5 Å². The van der Waals surface area contributed by atoms with Crippen LogP contribution in [0, 0.1) is 18.3 Å². The predicted molar refractivity (Wildman–Crippen MR) is 69.6 cm³/mol. The third-order valence-electron chi connectivity index (χ3n) is 2.42. The average Bonchev–Trinajstić information content (AvgIpc) is 2.34. The van der Waals surface area contributed by atoms with E-state index in [0.29, 0.717) is 22.0 Å². The van der Waals surface area contributed by atoms with E-state index in [-0.39, 0.29) is 5.88 Å². The molecule has 1 aromatic carbocycles. The van der Waals surface area contributed by atoms with Crippen LogP contribution in [0.3, 0.4) is 0 Å². The molecule has 0 saturated heterocycles. The van der Waals surface area contributed by atoms with E-state index in [9.17, 15) is 0 Å². The zero-order valence-corrected chi connectivity index (χ0v) is 10.4. The highest BCUT2D eigenvalue weighted by molar-refractivity contribution is 6.30. The van der Waals surface area contributed by atoms with Gasteiger partial charge in [-0.25, -0.2) is 4.98 Å². The quantitative estimate of drug-likeness (QED) is 0.840. The van der Waals surface area contributed by atoms with Crippen LogP contribution in [0.1, 0.15) is 11.1 Å². The van der Waals surface area contributed by atoms with Gasteiger partial charge >= 0.3 is 0 Å². The highest BCUT2D eigenvalue weighted by atomic mass is 35.5. The molecule has 0 aliphatic rings. The van der Waals surface area contributed by atoms with Gasteiger partial charge in [-0.2, -0.15) is 5.26 Å². The van der Waals surface area contributed by atoms with Crippen molar-refractivity contribution < 1.29 is 4.74 Å². The maximum absolute atomic E-state index is 9.07. The molecule has 0 radical (unpaired) electrons. The van der Waals surface area contributed by atoms with Crippen LogP contribution >= 0.6 is 11.6 Å². The number of nitrogens with zero attached hydrogens (tertiary/aromatic N) is 2. The van der Waals surface area contributed by atoms with Crippen molar-refractivity contribution >= 4 is 17.3 Å². The zero-order valence-electron chi connectivity index (χ0n) is 9.64. The molecule has 1 heterocycles. The topological polar surface area (TPSA) is 71.9 Å². The Morgan fingerprint density at radius 3 is 2.89 bits per heavy atom. The van der Waals surface area contributed by atoms with Crippen LogP contribution in [-0.2, 0) is 0 Å². The van der Waals surface area contributed by atoms with Crippen LogP contribution in [0.15, 0.2) is 30.5 Å². The molecular weight excluding hydrogens is 250 g/mol. The van der Waals surface area contributed by atoms with Crippen molar-refractivity contribution in [2.75, 3.05) is 5.73 Å². The van der Waals surface area contributed by atoms with Gasteiger partial charge in [0.05, 0.1) is 5.69 Å². The molecule has 0 saturated carbocycles. The number of ether oxygens (including phenoxy) is 1. The molecule has 0 unspecified atom stereocenters. The van der Waals surface area contributed by atoms with Crippen LogP contribution in [0.4, 0.5) is 5.69 Å². The summed E-state index contributed by atoms with van der Waals surface area (Å²) in [6.45, 7) is 1.81. The first-order valence-electron chi connectivity index (χ1n) is 5.20. The summed E-state index contributed by atoms with van der Waals surface area (Å²) in [5, 5.41) is 9.58. The Balaban J connectivity index is 2.44. The molecule has 90 valence electrons. The first kappa shape index (κ1) is 12.2. The Hall–Kier alpha value is -2.25. The van der Waals surface area contributed by atoms with Crippen molar-refractivity contribution in [2.24, 2.45) is 0 Å². The molecular formula is C13H10ClN3O. The van der Waals surface area contributed by atoms with Gasteiger partial charge in [-0.3, -0.25) is 0 Å². The van der Waals surface area contributed by atoms with Gasteiger partial charge in [0.15, 0.2) is 5.75 Å². The monoisotopic (exact) mass is 259 g/mol. The van der Waals surface area contributed by atoms with Crippen LogP contribution in [-0.4, -0.2) is 4.98 Å². The molecule has 0 aliphatic heterocycles. The van der Waals surface area contributed by atoms with Crippen molar-refractivity contribution in [2.45, 2.75) is 6.92 Å². The van der Waals surface area contributed by atoms with Crippen LogP contribution in [0.2, 0.25) is 5.02 Å². The van der Waals surface area contributed by atoms with E-state index < -0.39 is 0 Å². The second-order valence-electron chi connectivity index (χ2n) is 3.70. The lowest BCUT2D eigenvalue weighted by Gasteiger charge is -2.09. The fraction of sp³-hybridized carbons (Fsp3) is 0.0769. The molecule has 0 aliphatic carbocycles. The molecule has 5 heteroatoms. The second-order valence-corrected chi connectivity index (χ2v) is 4.14. The van der Waals surface area contributed by atoms with Gasteiger partial charge in [-0.1, -0.05) is 11.6 Å². The number of aromatic nitrogens is 1. The highest BCUT2D eigenvalue weighted by Crippen LogP contribution is 2.31. The lowest BCUT2D eigenvalue weighted by atomic mass is 10.2. The summed E-state index contributed by atoms with van der Waals surface area (Å²) in [4.78, 5) is 4.03. The molecule has 0 bridgehead atoms. The summed E-state index contributed by atoms with van der Waals surface area (Å²) in [6.07, 6.45) is 1.58. The van der Waals surface area contributed by atoms with Crippen molar-refractivity contribution in [3.63, 3.8) is 0 Å². The molecule has 1 aromatic heterocycles. The smallest absolute Gasteiger partial charge is 0.237 e. The van der Waals surface area contributed by atoms with Crippen LogP contribution < -0.4 is 10.5 Å². The number of nitrogen functional groups attached to an aromatic ring is 1. The van der Waals surface area contributed by atoms with Gasteiger partial charge in [-0.05, 0) is 30.7 Å². The number of nitriles is 1. The summed E-state index contributed by atoms with van der Waals surface area (Å²) < 4.78 is 5.55. The summed E-state index contributed by atoms with van der Waals surface area (Å²) in [5.74, 6) is 0.614. The van der Waals surface area contributed by atoms with E-state index in [0.717, 1.165) is 5.56 Å². The Labute approximate surface area is 110 Å². The summed E-state index contributed by atoms with van der Waals surface area (Å²) in [6, 6.07) is 8.69. The number of pyridine rings is 1. The van der Waals surface area contributed by atoms with Crippen molar-refractivity contribution in [3.8, 4) is 17.7 Å². The minimum absolute atomic E-state index is 0.228. The molecule has 4 nitrogen and oxygen atoms in total. The zero-order chi connectivity index (χ0) is 13.1. The van der Waals surface area contributed by atoms with E-state index in [1.807, 2.05) is 6.92 Å². The van der Waals surface area contributed by atoms with E-state index in [4.69, 9.17) is 27.3 Å². The van der Waals surface area contributed by atoms with Gasteiger partial charge < -0.3 is 10.5 Å². The van der Waals surface area contributed by atoms with E-state index in [1.165, 1.54) is 0 Å². The number of hydrogen-bond acceptors (Lipinski definition) is 4. The second kappa shape index (κ2) is 4.94. The number of aryl methyl sites for hydroxylation is 1. The molecule has 0 fully saturated rings. The SMILES string of the molecule is Cc1ccnc(Oc2cc(Cl)ccc2N)c1C#N. The first-order valence-corrected chi connectivity index (χ1v) is 5.58. The number of anilines is 1. The molecule has 0 spiro atoms. The summed E-state index contributed by atoms with van der Waals surface area (Å²) >= 11 is 5.87. The minimum atomic E-state index is 0.228. The van der Waals surface area contributed by atoms with Crippen LogP contribution in [0.5, 0.6) is 11.6 Å². The largest absolute Gasteiger partial charge is 0.435 e. The van der Waals surface area contributed by atoms with Crippen molar-refractivity contribution in [1.82, 2.24) is 4.98 Å². The normalized spacial score (nSPS) is 9.83. The third-order valence-corrected chi connectivity index (χ3v) is 2.65. The number of nitrogens with two attached hydrogens (primary N) is 1. The van der Waals surface area contributed by atoms with E-state index >= 15 is 0 Å². The average molecular weight is 260 g/mol. The predicted octanol–water partition coefficient (Wildman–Crippen LogP) is 3.29. The fourth-order valence-electron chi connectivity index (χ4n) is 1.45. The number of hydrogen-bond donors (Lipinski definition) is 1. The summed E-state index contributed by atoms with van der Waals surface area (Å²) in [5.41, 5.74) is 7.39. The van der Waals surface area contributed by atoms with Gasteiger partial charge in [0.1, 0.15) is 11.6 Å². The third kappa shape index (κ3) is 2.36. The molecule has 0 amide bonds. The Morgan fingerprint density at radius 2 is 2.17 bits per heavy atom. The number of benzene rings is 1. The standard InChI is InChI=1S/C13H10ClN3O/c1-8-4-5-17-13(10(8)7-15)18-12-6-9(14)2-3-11(12)16/h2-6H,16H2,1H3. The highest BCUT2D eigenvalue weighted by Gasteiger charge is 2.11. The molecule has 2 N–H and O–H groups in total. The Bertz CT molecular complexity index is 635. The Morgan fingerprint density at radius 1 is 1.39 bits per heavy atom. The van der Waals surface area contributed by atoms with E-state index in [2.05, 4.69) is 11.1 Å². The Kier molecular flexibility index (Phi) is 3.35. The lowest BCUT2D eigenvalue weighted by Crippen LogP contribution is -1.97. The molecule has 18 heavy (non-hydrogen) atoms. The first-order chi connectivity index (χ1) is 8.61. The van der Waals surface area contributed by atoms with Gasteiger partial charge in [-0.15, -0.1) is 0 Å². The molecule has 2 rings (SSSR count). The summed E-state index contributed by atoms with van der Waals surface area (Å²) in [7, 11) is 0. The molecule has 0 atom stereocenters. The number of rotatable bonds is 2. The van der Waals surface area contributed by atoms with Gasteiger partial charge in [0.25, 0.3) is 0 Å². The van der Waals surface area contributed by atoms with Crippen LogP contribution in [0.25, 0.3) is 0 Å². The number of halogens is 1. The lowest BCUT2D eigenvalue weighted by molar-refractivity contribution is 0.463. The van der Waals surface area contributed by atoms with Gasteiger partial charge in [0, 0.05) is 17.3 Å². The fourth-order valence-corrected chi connectivity index (χ4v) is 1.61. The van der Waals surface area contributed by atoms with Crippen molar-refractivity contribution in [3.05, 3.63) is 46.6 Å². The maximum Gasteiger partial charge on any atom is 0.237 e. The van der Waals surface area contributed by atoms with Gasteiger partial charge in [0.2, 0.25) is 5.88 Å².